The SMILES string of the molecule is C=C(C)C(=O)OC(C)(C)C.C=Cc1ccc(C(=O)OC)cc1.C=Cc1ccc(OC(C)=O)cc1. The number of methoxy groups -OCH3 is 1. The van der Waals surface area contributed by atoms with Crippen molar-refractivity contribution in [3.63, 3.8) is 0 Å². The first kappa shape index (κ1) is 30.1. The van der Waals surface area contributed by atoms with Gasteiger partial charge in [-0.15, -0.1) is 0 Å². The molecule has 0 saturated heterocycles. The largest absolute Gasteiger partial charge is 0.465 e. The van der Waals surface area contributed by atoms with Gasteiger partial charge in [-0.3, -0.25) is 4.79 Å². The molecule has 34 heavy (non-hydrogen) atoms. The molecule has 0 fully saturated rings. The Labute approximate surface area is 202 Å². The summed E-state index contributed by atoms with van der Waals surface area (Å²) < 4.78 is 14.3. The van der Waals surface area contributed by atoms with Crippen LogP contribution in [0.15, 0.2) is 73.8 Å². The lowest BCUT2D eigenvalue weighted by atomic mass is 10.1. The molecule has 0 radical (unpaired) electrons. The highest BCUT2D eigenvalue weighted by Gasteiger charge is 2.15. The first-order valence-electron chi connectivity index (χ1n) is 10.4. The summed E-state index contributed by atoms with van der Waals surface area (Å²) in [4.78, 5) is 32.3. The van der Waals surface area contributed by atoms with Crippen molar-refractivity contribution < 1.29 is 28.6 Å². The topological polar surface area (TPSA) is 78.9 Å². The Morgan fingerprint density at radius 3 is 1.56 bits per heavy atom. The van der Waals surface area contributed by atoms with Crippen LogP contribution in [0.2, 0.25) is 0 Å². The maximum absolute atomic E-state index is 11.0. The number of hydrogen-bond acceptors (Lipinski definition) is 6. The van der Waals surface area contributed by atoms with Gasteiger partial charge < -0.3 is 14.2 Å². The van der Waals surface area contributed by atoms with Gasteiger partial charge in [0.1, 0.15) is 11.4 Å². The molecule has 0 saturated carbocycles. The van der Waals surface area contributed by atoms with Crippen LogP contribution in [0.3, 0.4) is 0 Å². The molecule has 0 atom stereocenters. The predicted molar refractivity (Wildman–Crippen MR) is 136 cm³/mol. The van der Waals surface area contributed by atoms with E-state index in [-0.39, 0.29) is 17.9 Å². The Kier molecular flexibility index (Phi) is 13.3. The molecule has 6 heteroatoms. The smallest absolute Gasteiger partial charge is 0.337 e. The number of ether oxygens (including phenoxy) is 3. The van der Waals surface area contributed by atoms with E-state index < -0.39 is 5.60 Å². The van der Waals surface area contributed by atoms with Crippen molar-refractivity contribution in [2.24, 2.45) is 0 Å². The third kappa shape index (κ3) is 13.5. The first-order valence-corrected chi connectivity index (χ1v) is 10.4. The van der Waals surface area contributed by atoms with Gasteiger partial charge in [0.25, 0.3) is 0 Å². The highest BCUT2D eigenvalue weighted by Crippen LogP contribution is 2.12. The molecule has 0 spiro atoms. The highest BCUT2D eigenvalue weighted by molar-refractivity contribution is 5.89. The highest BCUT2D eigenvalue weighted by atomic mass is 16.6. The van der Waals surface area contributed by atoms with Crippen LogP contribution >= 0.6 is 0 Å². The zero-order chi connectivity index (χ0) is 26.3. The van der Waals surface area contributed by atoms with E-state index in [0.29, 0.717) is 16.9 Å². The molecule has 0 N–H and O–H groups in total. The number of carbonyl (C=O) groups is 3. The van der Waals surface area contributed by atoms with Crippen LogP contribution < -0.4 is 4.74 Å². The minimum atomic E-state index is -0.407. The third-order valence-electron chi connectivity index (χ3n) is 3.69. The van der Waals surface area contributed by atoms with Crippen molar-refractivity contribution in [3.05, 3.63) is 90.5 Å². The lowest BCUT2D eigenvalue weighted by Crippen LogP contribution is -2.23. The quantitative estimate of drug-likeness (QED) is 0.293. The van der Waals surface area contributed by atoms with Gasteiger partial charge in [0.15, 0.2) is 0 Å². The second kappa shape index (κ2) is 15.0. The molecule has 182 valence electrons. The standard InChI is InChI=1S/2C10H10O2.C8H14O2/c1-3-8-4-6-9(7-5-8)10(11)12-2;1-3-9-4-6-10(7-5-9)12-8(2)11;1-6(2)7(9)10-8(3,4)5/h2*3-7H,1H2,2H3;1H2,2-5H3. The fourth-order valence-electron chi connectivity index (χ4n) is 2.08. The van der Waals surface area contributed by atoms with Crippen LogP contribution in [0, 0.1) is 0 Å². The molecule has 6 nitrogen and oxygen atoms in total. The van der Waals surface area contributed by atoms with Crippen molar-refractivity contribution >= 4 is 30.1 Å². The monoisotopic (exact) mass is 466 g/mol. The van der Waals surface area contributed by atoms with Gasteiger partial charge in [0, 0.05) is 12.5 Å². The van der Waals surface area contributed by atoms with E-state index in [9.17, 15) is 14.4 Å². The van der Waals surface area contributed by atoms with Gasteiger partial charge in [-0.2, -0.15) is 0 Å². The molecule has 0 aliphatic heterocycles. The van der Waals surface area contributed by atoms with E-state index in [1.165, 1.54) is 14.0 Å². The molecule has 2 rings (SSSR count). The maximum atomic E-state index is 11.0. The molecule has 0 heterocycles. The summed E-state index contributed by atoms with van der Waals surface area (Å²) in [6, 6.07) is 14.2. The first-order chi connectivity index (χ1) is 15.8. The van der Waals surface area contributed by atoms with E-state index in [4.69, 9.17) is 9.47 Å². The summed E-state index contributed by atoms with van der Waals surface area (Å²) in [6.45, 7) is 19.2. The van der Waals surface area contributed by atoms with Crippen LogP contribution in [0.25, 0.3) is 12.2 Å². The zero-order valence-corrected chi connectivity index (χ0v) is 20.8. The number of hydrogen-bond donors (Lipinski definition) is 0. The van der Waals surface area contributed by atoms with Crippen molar-refractivity contribution in [1.82, 2.24) is 0 Å². The molecule has 0 bridgehead atoms. The fraction of sp³-hybridized carbons (Fsp3) is 0.250. The summed E-state index contributed by atoms with van der Waals surface area (Å²) in [5.74, 6) is -0.382. The second-order valence-electron chi connectivity index (χ2n) is 7.97. The Bertz CT molecular complexity index is 977. The summed E-state index contributed by atoms with van der Waals surface area (Å²) in [5.41, 5.74) is 2.59. The van der Waals surface area contributed by atoms with Crippen LogP contribution in [-0.4, -0.2) is 30.6 Å². The molecule has 0 aliphatic carbocycles. The van der Waals surface area contributed by atoms with Gasteiger partial charge in [-0.25, -0.2) is 9.59 Å². The molecule has 2 aromatic rings. The Balaban J connectivity index is 0.000000484. The Morgan fingerprint density at radius 1 is 0.824 bits per heavy atom. The van der Waals surface area contributed by atoms with E-state index in [1.807, 2.05) is 45.0 Å². The molecule has 0 aliphatic rings. The van der Waals surface area contributed by atoms with Crippen molar-refractivity contribution in [1.29, 1.82) is 0 Å². The normalized spacial score (nSPS) is 9.59. The summed E-state index contributed by atoms with van der Waals surface area (Å²) in [7, 11) is 1.36. The number of carbonyl (C=O) groups excluding carboxylic acids is 3. The summed E-state index contributed by atoms with van der Waals surface area (Å²) >= 11 is 0. The van der Waals surface area contributed by atoms with Gasteiger partial charge in [0.05, 0.1) is 12.7 Å². The molecule has 0 unspecified atom stereocenters. The number of esters is 3. The molecular formula is C28H34O6. The third-order valence-corrected chi connectivity index (χ3v) is 3.69. The van der Waals surface area contributed by atoms with E-state index in [2.05, 4.69) is 24.5 Å². The molecule has 0 aromatic heterocycles. The summed E-state index contributed by atoms with van der Waals surface area (Å²) in [5, 5.41) is 0. The van der Waals surface area contributed by atoms with Crippen molar-refractivity contribution in [2.45, 2.75) is 40.2 Å². The minimum absolute atomic E-state index is 0.304. The summed E-state index contributed by atoms with van der Waals surface area (Å²) in [6.07, 6.45) is 3.46. The number of benzene rings is 2. The van der Waals surface area contributed by atoms with E-state index in [1.54, 1.807) is 43.3 Å². The molecule has 0 amide bonds. The van der Waals surface area contributed by atoms with Gasteiger partial charge in [-0.1, -0.05) is 56.2 Å². The predicted octanol–water partition coefficient (Wildman–Crippen LogP) is 6.28. The van der Waals surface area contributed by atoms with Crippen LogP contribution in [0.1, 0.15) is 56.1 Å². The van der Waals surface area contributed by atoms with Gasteiger partial charge in [0.2, 0.25) is 0 Å². The van der Waals surface area contributed by atoms with Crippen LogP contribution in [0.4, 0.5) is 0 Å². The maximum Gasteiger partial charge on any atom is 0.337 e. The van der Waals surface area contributed by atoms with Gasteiger partial charge in [-0.05, 0) is 63.1 Å². The average Bonchev–Trinajstić information content (AvgIpc) is 2.78. The van der Waals surface area contributed by atoms with Crippen LogP contribution in [-0.2, 0) is 19.1 Å². The average molecular weight is 467 g/mol. The van der Waals surface area contributed by atoms with Crippen molar-refractivity contribution in [3.8, 4) is 5.75 Å². The fourth-order valence-corrected chi connectivity index (χ4v) is 2.08. The molecular weight excluding hydrogens is 432 g/mol. The zero-order valence-electron chi connectivity index (χ0n) is 20.8. The van der Waals surface area contributed by atoms with Gasteiger partial charge >= 0.3 is 17.9 Å². The Hall–Kier alpha value is -3.93. The molecule has 2 aromatic carbocycles. The minimum Gasteiger partial charge on any atom is -0.465 e. The lowest BCUT2D eigenvalue weighted by molar-refractivity contribution is -0.149. The van der Waals surface area contributed by atoms with E-state index in [0.717, 1.165) is 11.1 Å². The van der Waals surface area contributed by atoms with E-state index >= 15 is 0 Å². The second-order valence-corrected chi connectivity index (χ2v) is 7.97. The number of rotatable bonds is 5. The lowest BCUT2D eigenvalue weighted by Gasteiger charge is -2.19. The van der Waals surface area contributed by atoms with Crippen molar-refractivity contribution in [2.75, 3.05) is 7.11 Å². The van der Waals surface area contributed by atoms with Crippen LogP contribution in [0.5, 0.6) is 5.75 Å². The Morgan fingerprint density at radius 2 is 1.26 bits per heavy atom.